The first-order valence-corrected chi connectivity index (χ1v) is 7.06. The van der Waals surface area contributed by atoms with Gasteiger partial charge in [-0.25, -0.2) is 4.98 Å². The number of nitrogens with one attached hydrogen (secondary N) is 1. The summed E-state index contributed by atoms with van der Waals surface area (Å²) in [6, 6.07) is -0.137. The average molecular weight is 268 g/mol. The summed E-state index contributed by atoms with van der Waals surface area (Å²) in [6.07, 6.45) is 2.74. The summed E-state index contributed by atoms with van der Waals surface area (Å²) in [5.74, 6) is 0.00576. The Bertz CT molecular complexity index is 408. The molecule has 2 rings (SSSR count). The van der Waals surface area contributed by atoms with Crippen LogP contribution in [0.3, 0.4) is 0 Å². The van der Waals surface area contributed by atoms with Crippen LogP contribution in [0, 0.1) is 5.41 Å². The Labute approximate surface area is 111 Å². The number of carbonyl (C=O) groups is 1. The molecule has 100 valence electrons. The molecular formula is C12H20N4OS. The Balaban J connectivity index is 1.92. The van der Waals surface area contributed by atoms with Gasteiger partial charge in [-0.3, -0.25) is 9.69 Å². The molecule has 6 heteroatoms. The summed E-state index contributed by atoms with van der Waals surface area (Å²) in [6.45, 7) is 6.60. The first-order chi connectivity index (χ1) is 8.54. The number of carbonyl (C=O) groups excluding carboxylic acids is 1. The number of nitrogens with two attached hydrogens (primary N) is 1. The standard InChI is InChI=1S/C12H20N4OS/c1-9(10(17)15-11-14-4-6-18-11)16-5-3-12(2,7-13)8-16/h4,6,9H,3,5,7-8,13H2,1-2H3,(H,14,15,17). The van der Waals surface area contributed by atoms with Crippen molar-refractivity contribution in [2.24, 2.45) is 11.1 Å². The zero-order valence-electron chi connectivity index (χ0n) is 10.8. The summed E-state index contributed by atoms with van der Waals surface area (Å²) in [7, 11) is 0. The fourth-order valence-corrected chi connectivity index (χ4v) is 2.75. The maximum Gasteiger partial charge on any atom is 0.243 e. The van der Waals surface area contributed by atoms with Crippen molar-refractivity contribution in [2.75, 3.05) is 25.0 Å². The second-order valence-electron chi connectivity index (χ2n) is 5.24. The quantitative estimate of drug-likeness (QED) is 0.859. The molecule has 1 amide bonds. The molecule has 2 atom stereocenters. The number of amides is 1. The van der Waals surface area contributed by atoms with Gasteiger partial charge < -0.3 is 11.1 Å². The fourth-order valence-electron chi connectivity index (χ4n) is 2.22. The van der Waals surface area contributed by atoms with E-state index in [1.807, 2.05) is 12.3 Å². The summed E-state index contributed by atoms with van der Waals surface area (Å²) in [4.78, 5) is 18.3. The molecule has 18 heavy (non-hydrogen) atoms. The smallest absolute Gasteiger partial charge is 0.243 e. The van der Waals surface area contributed by atoms with Gasteiger partial charge >= 0.3 is 0 Å². The second-order valence-corrected chi connectivity index (χ2v) is 6.13. The minimum atomic E-state index is -0.137. The number of thiazole rings is 1. The Morgan fingerprint density at radius 2 is 2.56 bits per heavy atom. The number of hydrogen-bond donors (Lipinski definition) is 2. The van der Waals surface area contributed by atoms with Gasteiger partial charge in [-0.05, 0) is 31.8 Å². The molecule has 5 nitrogen and oxygen atoms in total. The van der Waals surface area contributed by atoms with Crippen molar-refractivity contribution in [3.8, 4) is 0 Å². The predicted molar refractivity (Wildman–Crippen MR) is 73.6 cm³/mol. The highest BCUT2D eigenvalue weighted by Gasteiger charge is 2.36. The van der Waals surface area contributed by atoms with Gasteiger partial charge in [-0.15, -0.1) is 11.3 Å². The Morgan fingerprint density at radius 3 is 3.11 bits per heavy atom. The van der Waals surface area contributed by atoms with E-state index in [0.29, 0.717) is 11.7 Å². The molecule has 1 aromatic heterocycles. The zero-order valence-corrected chi connectivity index (χ0v) is 11.7. The topological polar surface area (TPSA) is 71.2 Å². The molecule has 1 aliphatic rings. The minimum Gasteiger partial charge on any atom is -0.330 e. The second kappa shape index (κ2) is 5.34. The van der Waals surface area contributed by atoms with E-state index in [4.69, 9.17) is 5.73 Å². The molecule has 3 N–H and O–H groups in total. The first-order valence-electron chi connectivity index (χ1n) is 6.18. The lowest BCUT2D eigenvalue weighted by atomic mass is 9.90. The van der Waals surface area contributed by atoms with Gasteiger partial charge in [0.2, 0.25) is 5.91 Å². The van der Waals surface area contributed by atoms with Crippen LogP contribution in [0.15, 0.2) is 11.6 Å². The predicted octanol–water partition coefficient (Wildman–Crippen LogP) is 1.14. The van der Waals surface area contributed by atoms with Crippen molar-refractivity contribution in [1.29, 1.82) is 0 Å². The van der Waals surface area contributed by atoms with E-state index in [-0.39, 0.29) is 17.4 Å². The van der Waals surface area contributed by atoms with Crippen LogP contribution < -0.4 is 11.1 Å². The molecule has 0 radical (unpaired) electrons. The fraction of sp³-hybridized carbons (Fsp3) is 0.667. The third kappa shape index (κ3) is 2.88. The van der Waals surface area contributed by atoms with Gasteiger partial charge in [0, 0.05) is 18.1 Å². The van der Waals surface area contributed by atoms with E-state index in [9.17, 15) is 4.79 Å². The highest BCUT2D eigenvalue weighted by Crippen LogP contribution is 2.29. The summed E-state index contributed by atoms with van der Waals surface area (Å²) < 4.78 is 0. The van der Waals surface area contributed by atoms with Crippen LogP contribution in [0.25, 0.3) is 0 Å². The van der Waals surface area contributed by atoms with Crippen molar-refractivity contribution in [1.82, 2.24) is 9.88 Å². The summed E-state index contributed by atoms with van der Waals surface area (Å²) in [5.41, 5.74) is 5.93. The Kier molecular flexibility index (Phi) is 3.99. The zero-order chi connectivity index (χ0) is 13.2. The number of nitrogens with zero attached hydrogens (tertiary/aromatic N) is 2. The lowest BCUT2D eigenvalue weighted by molar-refractivity contribution is -0.120. The van der Waals surface area contributed by atoms with E-state index >= 15 is 0 Å². The first kappa shape index (κ1) is 13.5. The van der Waals surface area contributed by atoms with Crippen LogP contribution in [0.2, 0.25) is 0 Å². The molecule has 1 aliphatic heterocycles. The van der Waals surface area contributed by atoms with E-state index in [1.165, 1.54) is 11.3 Å². The SMILES string of the molecule is CC(C(=O)Nc1nccs1)N1CCC(C)(CN)C1. The van der Waals surface area contributed by atoms with Crippen LogP contribution in [-0.4, -0.2) is 41.5 Å². The van der Waals surface area contributed by atoms with Crippen molar-refractivity contribution in [3.05, 3.63) is 11.6 Å². The Morgan fingerprint density at radius 1 is 1.78 bits per heavy atom. The number of likely N-dealkylation sites (tertiary alicyclic amines) is 1. The molecule has 2 heterocycles. The molecule has 0 aliphatic carbocycles. The number of anilines is 1. The van der Waals surface area contributed by atoms with Crippen molar-refractivity contribution < 1.29 is 4.79 Å². The molecule has 0 saturated carbocycles. The van der Waals surface area contributed by atoms with Gasteiger partial charge in [0.05, 0.1) is 6.04 Å². The van der Waals surface area contributed by atoms with Crippen LogP contribution in [0.4, 0.5) is 5.13 Å². The highest BCUT2D eigenvalue weighted by atomic mass is 32.1. The highest BCUT2D eigenvalue weighted by molar-refractivity contribution is 7.13. The molecule has 0 bridgehead atoms. The van der Waals surface area contributed by atoms with Crippen molar-refractivity contribution in [2.45, 2.75) is 26.3 Å². The molecular weight excluding hydrogens is 248 g/mol. The van der Waals surface area contributed by atoms with Crippen molar-refractivity contribution in [3.63, 3.8) is 0 Å². The summed E-state index contributed by atoms with van der Waals surface area (Å²) >= 11 is 1.43. The number of hydrogen-bond acceptors (Lipinski definition) is 5. The third-order valence-electron chi connectivity index (χ3n) is 3.67. The van der Waals surface area contributed by atoms with Crippen LogP contribution in [-0.2, 0) is 4.79 Å². The van der Waals surface area contributed by atoms with Gasteiger partial charge in [0.25, 0.3) is 0 Å². The van der Waals surface area contributed by atoms with Crippen molar-refractivity contribution >= 4 is 22.4 Å². The molecule has 1 aromatic rings. The average Bonchev–Trinajstić information content (AvgIpc) is 2.98. The minimum absolute atomic E-state index is 0.00576. The van der Waals surface area contributed by atoms with Crippen LogP contribution in [0.1, 0.15) is 20.3 Å². The van der Waals surface area contributed by atoms with Gasteiger partial charge in [0.1, 0.15) is 0 Å². The van der Waals surface area contributed by atoms with Crippen LogP contribution in [0.5, 0.6) is 0 Å². The van der Waals surface area contributed by atoms with Gasteiger partial charge in [0.15, 0.2) is 5.13 Å². The third-order valence-corrected chi connectivity index (χ3v) is 4.36. The Hall–Kier alpha value is -0.980. The van der Waals surface area contributed by atoms with E-state index < -0.39 is 0 Å². The largest absolute Gasteiger partial charge is 0.330 e. The van der Waals surface area contributed by atoms with Crippen LogP contribution >= 0.6 is 11.3 Å². The van der Waals surface area contributed by atoms with Gasteiger partial charge in [-0.1, -0.05) is 6.92 Å². The lowest BCUT2D eigenvalue weighted by Crippen LogP contribution is -2.42. The lowest BCUT2D eigenvalue weighted by Gasteiger charge is -2.26. The maximum atomic E-state index is 12.1. The molecule has 1 fully saturated rings. The maximum absolute atomic E-state index is 12.1. The van der Waals surface area contributed by atoms with E-state index in [2.05, 4.69) is 22.1 Å². The number of rotatable bonds is 4. The monoisotopic (exact) mass is 268 g/mol. The molecule has 0 spiro atoms. The number of aromatic nitrogens is 1. The normalized spacial score (nSPS) is 26.2. The molecule has 0 aromatic carbocycles. The molecule has 1 saturated heterocycles. The summed E-state index contributed by atoms with van der Waals surface area (Å²) in [5, 5.41) is 5.35. The van der Waals surface area contributed by atoms with E-state index in [0.717, 1.165) is 19.5 Å². The molecule has 2 unspecified atom stereocenters. The van der Waals surface area contributed by atoms with Gasteiger partial charge in [-0.2, -0.15) is 0 Å². The van der Waals surface area contributed by atoms with E-state index in [1.54, 1.807) is 6.20 Å².